The van der Waals surface area contributed by atoms with Gasteiger partial charge in [0.2, 0.25) is 5.91 Å². The molecule has 0 saturated heterocycles. The van der Waals surface area contributed by atoms with Crippen LogP contribution < -0.4 is 11.1 Å². The number of rotatable bonds is 3. The normalized spacial score (nSPS) is 12.3. The Kier molecular flexibility index (Phi) is 4.80. The fourth-order valence-corrected chi connectivity index (χ4v) is 1.77. The highest BCUT2D eigenvalue weighted by atomic mass is 127. The van der Waals surface area contributed by atoms with Gasteiger partial charge in [0, 0.05) is 3.57 Å². The van der Waals surface area contributed by atoms with Gasteiger partial charge in [0.25, 0.3) is 0 Å². The molecular weight excluding hydrogens is 368 g/mol. The third-order valence-corrected chi connectivity index (χ3v) is 3.49. The molecule has 0 saturated carbocycles. The number of halogens is 2. The highest BCUT2D eigenvalue weighted by molar-refractivity contribution is 14.1. The summed E-state index contributed by atoms with van der Waals surface area (Å²) >= 11 is 8.09. The van der Waals surface area contributed by atoms with Crippen molar-refractivity contribution in [1.82, 2.24) is 0 Å². The average molecular weight is 382 g/mol. The maximum absolute atomic E-state index is 12.1. The Balaban J connectivity index is 2.98. The number of nitrogens with zero attached hydrogens (tertiary/aromatic N) is 1. The number of nitrogens with one attached hydrogen (secondary N) is 1. The molecule has 1 aromatic carbocycles. The Hall–Kier alpha value is -1.02. The van der Waals surface area contributed by atoms with Crippen LogP contribution in [0.4, 0.5) is 5.69 Å². The van der Waals surface area contributed by atoms with Crippen molar-refractivity contribution in [3.8, 4) is 0 Å². The fourth-order valence-electron chi connectivity index (χ4n) is 1.11. The molecule has 0 aliphatic rings. The van der Waals surface area contributed by atoms with E-state index in [0.717, 1.165) is 3.57 Å². The SMILES string of the molecule is CC(C)(C(=O)Nc1cc(I)ccc1Cl)/C(N)=N/O. The molecule has 0 unspecified atom stereocenters. The lowest BCUT2D eigenvalue weighted by Gasteiger charge is -2.22. The lowest BCUT2D eigenvalue weighted by Crippen LogP contribution is -2.42. The van der Waals surface area contributed by atoms with Gasteiger partial charge in [-0.15, -0.1) is 0 Å². The second-order valence-electron chi connectivity index (χ2n) is 4.19. The van der Waals surface area contributed by atoms with Gasteiger partial charge < -0.3 is 16.3 Å². The summed E-state index contributed by atoms with van der Waals surface area (Å²) in [6.45, 7) is 3.11. The van der Waals surface area contributed by atoms with Gasteiger partial charge in [-0.05, 0) is 54.6 Å². The van der Waals surface area contributed by atoms with Gasteiger partial charge in [0.1, 0.15) is 5.41 Å². The van der Waals surface area contributed by atoms with Crippen LogP contribution in [0.3, 0.4) is 0 Å². The van der Waals surface area contributed by atoms with E-state index >= 15 is 0 Å². The Bertz CT molecular complexity index is 503. The minimum Gasteiger partial charge on any atom is -0.409 e. The molecule has 0 aliphatic carbocycles. The number of carbonyl (C=O) groups excluding carboxylic acids is 1. The summed E-state index contributed by atoms with van der Waals surface area (Å²) in [5.41, 5.74) is 4.85. The van der Waals surface area contributed by atoms with Gasteiger partial charge in [-0.1, -0.05) is 16.8 Å². The summed E-state index contributed by atoms with van der Waals surface area (Å²) in [4.78, 5) is 12.1. The predicted octanol–water partition coefficient (Wildman–Crippen LogP) is 2.66. The van der Waals surface area contributed by atoms with Crippen LogP contribution in [0.5, 0.6) is 0 Å². The van der Waals surface area contributed by atoms with Crippen molar-refractivity contribution >= 4 is 51.6 Å². The second kappa shape index (κ2) is 5.75. The zero-order valence-electron chi connectivity index (χ0n) is 9.87. The number of hydrogen-bond donors (Lipinski definition) is 3. The summed E-state index contributed by atoms with van der Waals surface area (Å²) in [6, 6.07) is 5.26. The molecule has 1 rings (SSSR count). The smallest absolute Gasteiger partial charge is 0.237 e. The van der Waals surface area contributed by atoms with Crippen molar-refractivity contribution in [2.24, 2.45) is 16.3 Å². The Morgan fingerprint density at radius 1 is 1.56 bits per heavy atom. The van der Waals surface area contributed by atoms with Gasteiger partial charge in [0.05, 0.1) is 10.7 Å². The molecule has 0 spiro atoms. The number of oxime groups is 1. The van der Waals surface area contributed by atoms with Crippen LogP contribution in [-0.2, 0) is 4.79 Å². The number of amides is 1. The standard InChI is InChI=1S/C11H13ClIN3O2/c1-11(2,9(14)16-18)10(17)15-8-5-6(13)3-4-7(8)12/h3-5,18H,1-2H3,(H2,14,16)(H,15,17). The number of hydrogen-bond acceptors (Lipinski definition) is 3. The van der Waals surface area contributed by atoms with Gasteiger partial charge in [-0.2, -0.15) is 0 Å². The van der Waals surface area contributed by atoms with Crippen molar-refractivity contribution in [2.45, 2.75) is 13.8 Å². The molecule has 7 heteroatoms. The molecule has 0 atom stereocenters. The first-order valence-electron chi connectivity index (χ1n) is 5.03. The van der Waals surface area contributed by atoms with Crippen LogP contribution in [0.25, 0.3) is 0 Å². The van der Waals surface area contributed by atoms with E-state index in [2.05, 4.69) is 33.1 Å². The van der Waals surface area contributed by atoms with Gasteiger partial charge in [0.15, 0.2) is 5.84 Å². The van der Waals surface area contributed by atoms with E-state index in [1.54, 1.807) is 26.0 Å². The van der Waals surface area contributed by atoms with Crippen molar-refractivity contribution in [2.75, 3.05) is 5.32 Å². The minimum atomic E-state index is -1.13. The third kappa shape index (κ3) is 3.26. The Labute approximate surface area is 124 Å². The van der Waals surface area contributed by atoms with Crippen LogP contribution in [-0.4, -0.2) is 17.0 Å². The largest absolute Gasteiger partial charge is 0.409 e. The van der Waals surface area contributed by atoms with Crippen LogP contribution >= 0.6 is 34.2 Å². The molecule has 0 aliphatic heterocycles. The number of nitrogens with two attached hydrogens (primary N) is 1. The summed E-state index contributed by atoms with van der Waals surface area (Å²) in [7, 11) is 0. The average Bonchev–Trinajstić information content (AvgIpc) is 2.32. The molecule has 0 heterocycles. The molecule has 0 bridgehead atoms. The molecule has 0 fully saturated rings. The first-order chi connectivity index (χ1) is 8.28. The van der Waals surface area contributed by atoms with Gasteiger partial charge in [-0.25, -0.2) is 0 Å². The quantitative estimate of drug-likeness (QED) is 0.247. The fraction of sp³-hybridized carbons (Fsp3) is 0.273. The summed E-state index contributed by atoms with van der Waals surface area (Å²) < 4.78 is 0.939. The first kappa shape index (κ1) is 15.0. The molecule has 1 amide bonds. The topological polar surface area (TPSA) is 87.7 Å². The van der Waals surface area contributed by atoms with E-state index in [1.807, 2.05) is 6.07 Å². The maximum atomic E-state index is 12.1. The highest BCUT2D eigenvalue weighted by Crippen LogP contribution is 2.26. The van der Waals surface area contributed by atoms with E-state index in [4.69, 9.17) is 22.5 Å². The molecular formula is C11H13ClIN3O2. The molecule has 4 N–H and O–H groups in total. The molecule has 0 radical (unpaired) electrons. The van der Waals surface area contributed by atoms with Gasteiger partial charge in [-0.3, -0.25) is 4.79 Å². The number of carbonyl (C=O) groups is 1. The number of amidine groups is 1. The molecule has 1 aromatic rings. The van der Waals surface area contributed by atoms with E-state index < -0.39 is 11.3 Å². The van der Waals surface area contributed by atoms with Crippen molar-refractivity contribution in [3.05, 3.63) is 26.8 Å². The monoisotopic (exact) mass is 381 g/mol. The van der Waals surface area contributed by atoms with E-state index in [0.29, 0.717) is 10.7 Å². The summed E-state index contributed by atoms with van der Waals surface area (Å²) in [5, 5.41) is 14.6. The Morgan fingerprint density at radius 2 is 2.17 bits per heavy atom. The third-order valence-electron chi connectivity index (χ3n) is 2.49. The van der Waals surface area contributed by atoms with Crippen LogP contribution in [0, 0.1) is 8.99 Å². The Morgan fingerprint density at radius 3 is 2.72 bits per heavy atom. The van der Waals surface area contributed by atoms with E-state index in [1.165, 1.54) is 0 Å². The first-order valence-corrected chi connectivity index (χ1v) is 6.49. The van der Waals surface area contributed by atoms with Crippen LogP contribution in [0.15, 0.2) is 23.4 Å². The van der Waals surface area contributed by atoms with Crippen LogP contribution in [0.1, 0.15) is 13.8 Å². The predicted molar refractivity (Wildman–Crippen MR) is 80.0 cm³/mol. The number of anilines is 1. The van der Waals surface area contributed by atoms with E-state index in [-0.39, 0.29) is 5.84 Å². The van der Waals surface area contributed by atoms with Crippen molar-refractivity contribution in [1.29, 1.82) is 0 Å². The molecule has 5 nitrogen and oxygen atoms in total. The minimum absolute atomic E-state index is 0.165. The lowest BCUT2D eigenvalue weighted by molar-refractivity contribution is -0.121. The molecule has 0 aromatic heterocycles. The summed E-state index contributed by atoms with van der Waals surface area (Å²) in [6.07, 6.45) is 0. The zero-order valence-corrected chi connectivity index (χ0v) is 12.8. The van der Waals surface area contributed by atoms with E-state index in [9.17, 15) is 4.79 Å². The maximum Gasteiger partial charge on any atom is 0.237 e. The number of benzene rings is 1. The van der Waals surface area contributed by atoms with Gasteiger partial charge >= 0.3 is 0 Å². The lowest BCUT2D eigenvalue weighted by atomic mass is 9.91. The van der Waals surface area contributed by atoms with Crippen molar-refractivity contribution < 1.29 is 10.0 Å². The molecule has 18 heavy (non-hydrogen) atoms. The second-order valence-corrected chi connectivity index (χ2v) is 5.84. The summed E-state index contributed by atoms with van der Waals surface area (Å²) in [5.74, 6) is -0.566. The molecule has 98 valence electrons. The zero-order chi connectivity index (χ0) is 13.9. The van der Waals surface area contributed by atoms with Crippen molar-refractivity contribution in [3.63, 3.8) is 0 Å². The highest BCUT2D eigenvalue weighted by Gasteiger charge is 2.33. The van der Waals surface area contributed by atoms with Crippen LogP contribution in [0.2, 0.25) is 5.02 Å².